The highest BCUT2D eigenvalue weighted by Gasteiger charge is 2.16. The molecule has 0 bridgehead atoms. The average Bonchev–Trinajstić information content (AvgIpc) is 2.80. The molecule has 0 atom stereocenters. The molecule has 0 aliphatic heterocycles. The summed E-state index contributed by atoms with van der Waals surface area (Å²) in [5, 5.41) is 6.25. The van der Waals surface area contributed by atoms with Crippen molar-refractivity contribution in [1.82, 2.24) is 5.43 Å². The molecule has 3 aromatic carbocycles. The number of carbonyl (C=O) groups is 3. The van der Waals surface area contributed by atoms with Crippen LogP contribution in [0.3, 0.4) is 0 Å². The van der Waals surface area contributed by atoms with Crippen LogP contribution in [0.25, 0.3) is 0 Å². The van der Waals surface area contributed by atoms with Crippen LogP contribution in [0.15, 0.2) is 77.9 Å². The predicted molar refractivity (Wildman–Crippen MR) is 120 cm³/mol. The summed E-state index contributed by atoms with van der Waals surface area (Å²) in [5.74, 6) is -1.71. The van der Waals surface area contributed by atoms with Gasteiger partial charge in [-0.2, -0.15) is 5.10 Å². The first-order valence-electron chi connectivity index (χ1n) is 9.64. The Kier molecular flexibility index (Phi) is 7.32. The van der Waals surface area contributed by atoms with Crippen molar-refractivity contribution in [3.8, 4) is 11.5 Å². The van der Waals surface area contributed by atoms with Crippen LogP contribution < -0.4 is 20.2 Å². The number of nitrogens with zero attached hydrogens (tertiary/aromatic N) is 1. The second kappa shape index (κ2) is 10.5. The monoisotopic (exact) mass is 431 g/mol. The molecule has 0 aromatic heterocycles. The third kappa shape index (κ3) is 5.57. The zero-order valence-corrected chi connectivity index (χ0v) is 17.5. The van der Waals surface area contributed by atoms with Gasteiger partial charge in [-0.25, -0.2) is 10.2 Å². The second-order valence-corrected chi connectivity index (χ2v) is 6.60. The molecule has 8 nitrogen and oxygen atoms in total. The minimum atomic E-state index is -0.971. The number of methoxy groups -OCH3 is 1. The smallest absolute Gasteiger partial charge is 0.343 e. The van der Waals surface area contributed by atoms with Crippen molar-refractivity contribution < 1.29 is 23.9 Å². The first-order valence-corrected chi connectivity index (χ1v) is 9.64. The van der Waals surface area contributed by atoms with Crippen molar-refractivity contribution in [2.45, 2.75) is 6.92 Å². The summed E-state index contributed by atoms with van der Waals surface area (Å²) in [6, 6.07) is 20.5. The number of hydrogen-bond acceptors (Lipinski definition) is 6. The number of para-hydroxylation sites is 3. The van der Waals surface area contributed by atoms with Crippen molar-refractivity contribution in [2.75, 3.05) is 12.4 Å². The van der Waals surface area contributed by atoms with Crippen molar-refractivity contribution in [3.63, 3.8) is 0 Å². The van der Waals surface area contributed by atoms with E-state index < -0.39 is 17.8 Å². The van der Waals surface area contributed by atoms with Gasteiger partial charge in [0.05, 0.1) is 24.6 Å². The lowest BCUT2D eigenvalue weighted by Gasteiger charge is -2.09. The van der Waals surface area contributed by atoms with E-state index in [-0.39, 0.29) is 5.75 Å². The maximum atomic E-state index is 12.5. The number of carbonyl (C=O) groups excluding carboxylic acids is 3. The Hall–Kier alpha value is -4.46. The molecule has 2 amide bonds. The topological polar surface area (TPSA) is 106 Å². The average molecular weight is 431 g/mol. The van der Waals surface area contributed by atoms with E-state index in [0.717, 1.165) is 5.56 Å². The van der Waals surface area contributed by atoms with Crippen LogP contribution in [0.1, 0.15) is 21.5 Å². The van der Waals surface area contributed by atoms with Gasteiger partial charge in [-0.3, -0.25) is 9.59 Å². The summed E-state index contributed by atoms with van der Waals surface area (Å²) in [7, 11) is 1.46. The molecule has 2 N–H and O–H groups in total. The normalized spacial score (nSPS) is 10.4. The standard InChI is InChI=1S/C24H21N3O5/c1-16-9-3-5-11-18(16)24(30)32-20-13-7-4-10-17(20)15-25-27-23(29)22(28)26-19-12-6-8-14-21(19)31-2/h3-15H,1-2H3,(H,26,28)(H,27,29). The number of esters is 1. The molecular formula is C24H21N3O5. The number of hydrazone groups is 1. The third-order valence-electron chi connectivity index (χ3n) is 4.42. The lowest BCUT2D eigenvalue weighted by atomic mass is 10.1. The van der Waals surface area contributed by atoms with E-state index >= 15 is 0 Å². The molecule has 0 heterocycles. The highest BCUT2D eigenvalue weighted by molar-refractivity contribution is 6.39. The Labute approximate surface area is 184 Å². The number of ether oxygens (including phenoxy) is 2. The largest absolute Gasteiger partial charge is 0.495 e. The van der Waals surface area contributed by atoms with E-state index in [4.69, 9.17) is 9.47 Å². The summed E-state index contributed by atoms with van der Waals surface area (Å²) in [6.07, 6.45) is 1.29. The summed E-state index contributed by atoms with van der Waals surface area (Å²) < 4.78 is 10.6. The zero-order valence-electron chi connectivity index (χ0n) is 17.5. The summed E-state index contributed by atoms with van der Waals surface area (Å²) >= 11 is 0. The quantitative estimate of drug-likeness (QED) is 0.205. The molecule has 0 saturated heterocycles. The van der Waals surface area contributed by atoms with Crippen molar-refractivity contribution >= 4 is 29.7 Å². The van der Waals surface area contributed by atoms with Crippen LogP contribution in [0.4, 0.5) is 5.69 Å². The van der Waals surface area contributed by atoms with Crippen LogP contribution in [0, 0.1) is 6.92 Å². The number of amides is 2. The number of aryl methyl sites for hydroxylation is 1. The molecule has 0 saturated carbocycles. The van der Waals surface area contributed by atoms with E-state index in [0.29, 0.717) is 22.6 Å². The maximum absolute atomic E-state index is 12.5. The molecule has 0 aliphatic carbocycles. The Morgan fingerprint density at radius 1 is 0.844 bits per heavy atom. The first kappa shape index (κ1) is 22.2. The van der Waals surface area contributed by atoms with Gasteiger partial charge in [0.15, 0.2) is 0 Å². The van der Waals surface area contributed by atoms with E-state index in [1.807, 2.05) is 19.1 Å². The van der Waals surface area contributed by atoms with Gasteiger partial charge in [0.25, 0.3) is 0 Å². The molecule has 0 fully saturated rings. The Morgan fingerprint density at radius 3 is 2.25 bits per heavy atom. The number of benzene rings is 3. The van der Waals surface area contributed by atoms with Crippen LogP contribution >= 0.6 is 0 Å². The Bertz CT molecular complexity index is 1170. The van der Waals surface area contributed by atoms with E-state index in [1.165, 1.54) is 13.3 Å². The molecule has 3 rings (SSSR count). The summed E-state index contributed by atoms with van der Waals surface area (Å²) in [4.78, 5) is 36.6. The van der Waals surface area contributed by atoms with Gasteiger partial charge in [0.2, 0.25) is 0 Å². The lowest BCUT2D eigenvalue weighted by Crippen LogP contribution is -2.32. The molecule has 0 radical (unpaired) electrons. The number of anilines is 1. The molecule has 32 heavy (non-hydrogen) atoms. The Morgan fingerprint density at radius 2 is 1.50 bits per heavy atom. The predicted octanol–water partition coefficient (Wildman–Crippen LogP) is 3.31. The van der Waals surface area contributed by atoms with E-state index in [2.05, 4.69) is 15.8 Å². The molecular weight excluding hydrogens is 410 g/mol. The number of nitrogens with one attached hydrogen (secondary N) is 2. The van der Waals surface area contributed by atoms with Crippen LogP contribution in [0.2, 0.25) is 0 Å². The first-order chi connectivity index (χ1) is 15.5. The molecule has 0 spiro atoms. The maximum Gasteiger partial charge on any atom is 0.343 e. The minimum absolute atomic E-state index is 0.261. The molecule has 162 valence electrons. The van der Waals surface area contributed by atoms with Gasteiger partial charge < -0.3 is 14.8 Å². The fourth-order valence-corrected chi connectivity index (χ4v) is 2.78. The van der Waals surface area contributed by atoms with Gasteiger partial charge in [-0.1, -0.05) is 42.5 Å². The number of hydrogen-bond donors (Lipinski definition) is 2. The molecule has 8 heteroatoms. The fraction of sp³-hybridized carbons (Fsp3) is 0.0833. The van der Waals surface area contributed by atoms with Crippen molar-refractivity contribution in [3.05, 3.63) is 89.5 Å². The zero-order chi connectivity index (χ0) is 22.9. The fourth-order valence-electron chi connectivity index (χ4n) is 2.78. The van der Waals surface area contributed by atoms with Crippen LogP contribution in [-0.4, -0.2) is 31.1 Å². The minimum Gasteiger partial charge on any atom is -0.495 e. The highest BCUT2D eigenvalue weighted by atomic mass is 16.5. The summed E-state index contributed by atoms with van der Waals surface area (Å²) in [6.45, 7) is 1.82. The lowest BCUT2D eigenvalue weighted by molar-refractivity contribution is -0.136. The van der Waals surface area contributed by atoms with Crippen molar-refractivity contribution in [1.29, 1.82) is 0 Å². The van der Waals surface area contributed by atoms with Gasteiger partial charge >= 0.3 is 17.8 Å². The van der Waals surface area contributed by atoms with Gasteiger partial charge in [0, 0.05) is 5.56 Å². The van der Waals surface area contributed by atoms with Crippen molar-refractivity contribution in [2.24, 2.45) is 5.10 Å². The number of rotatable bonds is 6. The van der Waals surface area contributed by atoms with Crippen LogP contribution in [0.5, 0.6) is 11.5 Å². The molecule has 0 unspecified atom stereocenters. The van der Waals surface area contributed by atoms with E-state index in [9.17, 15) is 14.4 Å². The Balaban J connectivity index is 1.64. The molecule has 0 aliphatic rings. The third-order valence-corrected chi connectivity index (χ3v) is 4.42. The SMILES string of the molecule is COc1ccccc1NC(=O)C(=O)NN=Cc1ccccc1OC(=O)c1ccccc1C. The van der Waals surface area contributed by atoms with Gasteiger partial charge in [-0.15, -0.1) is 0 Å². The van der Waals surface area contributed by atoms with Gasteiger partial charge in [-0.05, 0) is 42.8 Å². The molecule has 3 aromatic rings. The van der Waals surface area contributed by atoms with Gasteiger partial charge in [0.1, 0.15) is 11.5 Å². The van der Waals surface area contributed by atoms with Crippen LogP contribution in [-0.2, 0) is 9.59 Å². The second-order valence-electron chi connectivity index (χ2n) is 6.60. The highest BCUT2D eigenvalue weighted by Crippen LogP contribution is 2.23. The summed E-state index contributed by atoms with van der Waals surface area (Å²) in [5.41, 5.74) is 4.18. The van der Waals surface area contributed by atoms with E-state index in [1.54, 1.807) is 60.7 Å².